The van der Waals surface area contributed by atoms with Gasteiger partial charge >= 0.3 is 47.8 Å². The Morgan fingerprint density at radius 1 is 0.488 bits per heavy atom. The topological polar surface area (TPSA) is 242 Å². The van der Waals surface area contributed by atoms with Gasteiger partial charge in [0, 0.05) is 12.8 Å². The summed E-state index contributed by atoms with van der Waals surface area (Å²) in [5.74, 6) is -7.70. The summed E-state index contributed by atoms with van der Waals surface area (Å²) in [7, 11) is 0. The summed E-state index contributed by atoms with van der Waals surface area (Å²) < 4.78 is 33.4. The van der Waals surface area contributed by atoms with Crippen molar-refractivity contribution in [2.45, 2.75) is 77.4 Å². The lowest BCUT2D eigenvalue weighted by Gasteiger charge is -2.14. The minimum absolute atomic E-state index is 0.0107. The first-order valence-electron chi connectivity index (χ1n) is 13.4. The second kappa shape index (κ2) is 23.3. The van der Waals surface area contributed by atoms with Crippen molar-refractivity contribution in [3.8, 4) is 0 Å². The SMILES string of the molecule is CC(OC(=O)COCC(=O)OC(C)C(=O)OCC(=O)OCCCCCC(=O)O)C(=O)OCC(=O)OCCCCCC(=O)O. The van der Waals surface area contributed by atoms with Crippen LogP contribution in [0.3, 0.4) is 0 Å². The van der Waals surface area contributed by atoms with E-state index in [2.05, 4.69) is 9.47 Å². The lowest BCUT2D eigenvalue weighted by Crippen LogP contribution is -2.31. The number of carboxylic acid groups (broad SMARTS) is 2. The lowest BCUT2D eigenvalue weighted by molar-refractivity contribution is -0.176. The first-order chi connectivity index (χ1) is 20.3. The van der Waals surface area contributed by atoms with Gasteiger partial charge in [-0.25, -0.2) is 28.8 Å². The Balaban J connectivity index is 4.02. The second-order valence-corrected chi connectivity index (χ2v) is 8.82. The van der Waals surface area contributed by atoms with Crippen LogP contribution in [0.15, 0.2) is 0 Å². The van der Waals surface area contributed by atoms with Gasteiger partial charge < -0.3 is 43.4 Å². The molecule has 17 heteroatoms. The highest BCUT2D eigenvalue weighted by Crippen LogP contribution is 2.03. The molecule has 244 valence electrons. The number of carbonyl (C=O) groups is 8. The molecule has 0 heterocycles. The minimum Gasteiger partial charge on any atom is -0.481 e. The van der Waals surface area contributed by atoms with Gasteiger partial charge in [0.1, 0.15) is 13.2 Å². The zero-order chi connectivity index (χ0) is 32.6. The molecule has 0 fully saturated rings. The maximum Gasteiger partial charge on any atom is 0.347 e. The molecule has 2 atom stereocenters. The van der Waals surface area contributed by atoms with Crippen molar-refractivity contribution in [3.63, 3.8) is 0 Å². The monoisotopic (exact) mass is 622 g/mol. The van der Waals surface area contributed by atoms with Crippen LogP contribution in [0.4, 0.5) is 0 Å². The van der Waals surface area contributed by atoms with Gasteiger partial charge in [-0.3, -0.25) is 9.59 Å². The number of carboxylic acids is 2. The molecule has 0 saturated carbocycles. The second-order valence-electron chi connectivity index (χ2n) is 8.82. The number of esters is 6. The molecule has 0 aromatic carbocycles. The van der Waals surface area contributed by atoms with Crippen molar-refractivity contribution in [3.05, 3.63) is 0 Å². The van der Waals surface area contributed by atoms with Gasteiger partial charge in [-0.05, 0) is 52.4 Å². The fourth-order valence-corrected chi connectivity index (χ4v) is 2.84. The molecule has 0 spiro atoms. The van der Waals surface area contributed by atoms with Crippen LogP contribution in [0.25, 0.3) is 0 Å². The molecule has 0 aliphatic carbocycles. The van der Waals surface area contributed by atoms with Crippen molar-refractivity contribution in [2.24, 2.45) is 0 Å². The molecule has 0 bridgehead atoms. The van der Waals surface area contributed by atoms with E-state index in [1.165, 1.54) is 13.8 Å². The summed E-state index contributed by atoms with van der Waals surface area (Å²) in [6, 6.07) is 0. The van der Waals surface area contributed by atoms with Gasteiger partial charge in [0.25, 0.3) is 0 Å². The van der Waals surface area contributed by atoms with Gasteiger partial charge in [0.15, 0.2) is 25.4 Å². The number of unbranched alkanes of at least 4 members (excludes halogenated alkanes) is 4. The van der Waals surface area contributed by atoms with Crippen molar-refractivity contribution < 1.29 is 81.7 Å². The number of hydrogen-bond acceptors (Lipinski definition) is 15. The predicted octanol–water partition coefficient (Wildman–Crippen LogP) is 0.329. The van der Waals surface area contributed by atoms with E-state index in [0.717, 1.165) is 0 Å². The molecule has 0 aromatic rings. The van der Waals surface area contributed by atoms with Gasteiger partial charge in [-0.2, -0.15) is 0 Å². The van der Waals surface area contributed by atoms with Crippen LogP contribution in [-0.4, -0.2) is 110 Å². The van der Waals surface area contributed by atoms with E-state index < -0.39 is 86.4 Å². The molecule has 0 rings (SSSR count). The van der Waals surface area contributed by atoms with Crippen LogP contribution >= 0.6 is 0 Å². The van der Waals surface area contributed by atoms with E-state index in [9.17, 15) is 38.4 Å². The highest BCUT2D eigenvalue weighted by Gasteiger charge is 2.23. The zero-order valence-corrected chi connectivity index (χ0v) is 24.1. The van der Waals surface area contributed by atoms with Crippen LogP contribution in [0.2, 0.25) is 0 Å². The van der Waals surface area contributed by atoms with E-state index in [4.69, 9.17) is 33.9 Å². The average Bonchev–Trinajstić information content (AvgIpc) is 2.93. The highest BCUT2D eigenvalue weighted by atomic mass is 16.6. The number of carbonyl (C=O) groups excluding carboxylic acids is 6. The molecule has 0 amide bonds. The molecular weight excluding hydrogens is 584 g/mol. The minimum atomic E-state index is -1.41. The fraction of sp³-hybridized carbons (Fsp3) is 0.692. The van der Waals surface area contributed by atoms with Crippen LogP contribution in [0.1, 0.15) is 65.2 Å². The Morgan fingerprint density at radius 2 is 0.860 bits per heavy atom. The molecule has 0 aliphatic rings. The maximum atomic E-state index is 11.9. The van der Waals surface area contributed by atoms with E-state index in [1.54, 1.807) is 0 Å². The van der Waals surface area contributed by atoms with E-state index in [0.29, 0.717) is 38.5 Å². The Morgan fingerprint density at radius 3 is 1.21 bits per heavy atom. The Kier molecular flexibility index (Phi) is 21.0. The van der Waals surface area contributed by atoms with Gasteiger partial charge in [-0.15, -0.1) is 0 Å². The standard InChI is InChI=1S/C26H38O17/c1-17(25(35)40-15-21(31)38-11-7-3-5-9-19(27)28)42-23(33)13-37-14-24(34)43-18(2)26(36)41-16-22(32)39-12-8-4-6-10-20(29)30/h17-18H,3-16H2,1-2H3,(H,27,28)(H,29,30). The van der Waals surface area contributed by atoms with Gasteiger partial charge in [0.2, 0.25) is 0 Å². The summed E-state index contributed by atoms with van der Waals surface area (Å²) in [4.78, 5) is 91.3. The highest BCUT2D eigenvalue weighted by molar-refractivity contribution is 5.83. The summed E-state index contributed by atoms with van der Waals surface area (Å²) in [6.07, 6.45) is 0.0268. The van der Waals surface area contributed by atoms with Gasteiger partial charge in [-0.1, -0.05) is 0 Å². The van der Waals surface area contributed by atoms with Crippen LogP contribution in [0.5, 0.6) is 0 Å². The first kappa shape index (κ1) is 38.7. The molecule has 17 nitrogen and oxygen atoms in total. The Labute approximate surface area is 247 Å². The third kappa shape index (κ3) is 23.0. The van der Waals surface area contributed by atoms with Crippen LogP contribution in [-0.2, 0) is 71.5 Å². The average molecular weight is 623 g/mol. The summed E-state index contributed by atoms with van der Waals surface area (Å²) in [5.41, 5.74) is 0. The predicted molar refractivity (Wildman–Crippen MR) is 138 cm³/mol. The molecule has 0 radical (unpaired) electrons. The van der Waals surface area contributed by atoms with Crippen LogP contribution in [0, 0.1) is 0 Å². The fourth-order valence-electron chi connectivity index (χ4n) is 2.84. The Bertz CT molecular complexity index is 870. The van der Waals surface area contributed by atoms with Crippen LogP contribution < -0.4 is 0 Å². The smallest absolute Gasteiger partial charge is 0.347 e. The third-order valence-electron chi connectivity index (χ3n) is 4.98. The molecule has 0 saturated heterocycles. The van der Waals surface area contributed by atoms with E-state index in [1.807, 2.05) is 0 Å². The third-order valence-corrected chi connectivity index (χ3v) is 4.98. The summed E-state index contributed by atoms with van der Waals surface area (Å²) in [6.45, 7) is -0.590. The summed E-state index contributed by atoms with van der Waals surface area (Å²) >= 11 is 0. The number of rotatable bonds is 24. The lowest BCUT2D eigenvalue weighted by atomic mass is 10.2. The van der Waals surface area contributed by atoms with Crippen molar-refractivity contribution in [1.29, 1.82) is 0 Å². The normalized spacial score (nSPS) is 11.8. The van der Waals surface area contributed by atoms with E-state index >= 15 is 0 Å². The maximum absolute atomic E-state index is 11.9. The van der Waals surface area contributed by atoms with Crippen molar-refractivity contribution >= 4 is 47.8 Å². The first-order valence-corrected chi connectivity index (χ1v) is 13.4. The molecule has 0 aromatic heterocycles. The number of aliphatic carboxylic acids is 2. The zero-order valence-electron chi connectivity index (χ0n) is 24.1. The van der Waals surface area contributed by atoms with E-state index in [-0.39, 0.29) is 26.1 Å². The molecule has 0 aliphatic heterocycles. The largest absolute Gasteiger partial charge is 0.481 e. The molecular formula is C26H38O17. The van der Waals surface area contributed by atoms with Crippen molar-refractivity contribution in [2.75, 3.05) is 39.6 Å². The quantitative estimate of drug-likeness (QED) is 0.0836. The Hall–Kier alpha value is -4.28. The number of hydrogen-bond donors (Lipinski definition) is 2. The molecule has 2 unspecified atom stereocenters. The van der Waals surface area contributed by atoms with Crippen molar-refractivity contribution in [1.82, 2.24) is 0 Å². The molecule has 2 N–H and O–H groups in total. The van der Waals surface area contributed by atoms with Gasteiger partial charge in [0.05, 0.1) is 13.2 Å². The summed E-state index contributed by atoms with van der Waals surface area (Å²) in [5, 5.41) is 17.1. The molecule has 43 heavy (non-hydrogen) atoms. The number of ether oxygens (including phenoxy) is 7.